The van der Waals surface area contributed by atoms with Gasteiger partial charge in [-0.05, 0) is 64.0 Å². The highest BCUT2D eigenvalue weighted by Gasteiger charge is 2.16. The third-order valence-corrected chi connectivity index (χ3v) is 4.61. The molecule has 0 aliphatic rings. The molecule has 0 radical (unpaired) electrons. The van der Waals surface area contributed by atoms with E-state index in [2.05, 4.69) is 28.9 Å². The van der Waals surface area contributed by atoms with Crippen LogP contribution in [-0.2, 0) is 6.42 Å². The van der Waals surface area contributed by atoms with E-state index in [4.69, 9.17) is 4.74 Å². The van der Waals surface area contributed by atoms with E-state index in [0.717, 1.165) is 27.1 Å². The van der Waals surface area contributed by atoms with Crippen molar-refractivity contribution in [1.82, 2.24) is 0 Å². The first-order valence-corrected chi connectivity index (χ1v) is 8.01. The van der Waals surface area contributed by atoms with Gasteiger partial charge in [0, 0.05) is 4.88 Å². The van der Waals surface area contributed by atoms with Crippen LogP contribution in [0, 0.1) is 0 Å². The maximum absolute atomic E-state index is 10.5. The van der Waals surface area contributed by atoms with Gasteiger partial charge in [0.05, 0.1) is 11.1 Å². The van der Waals surface area contributed by atoms with E-state index in [0.29, 0.717) is 6.61 Å². The molecule has 1 heterocycles. The highest BCUT2D eigenvalue weighted by Crippen LogP contribution is 2.34. The van der Waals surface area contributed by atoms with Gasteiger partial charge in [0.1, 0.15) is 11.9 Å². The second-order valence-corrected chi connectivity index (χ2v) is 5.99. The molecule has 0 aliphatic heterocycles. The van der Waals surface area contributed by atoms with Crippen molar-refractivity contribution in [3.05, 3.63) is 50.1 Å². The van der Waals surface area contributed by atoms with Gasteiger partial charge in [-0.2, -0.15) is 0 Å². The van der Waals surface area contributed by atoms with Gasteiger partial charge in [-0.25, -0.2) is 0 Å². The zero-order valence-corrected chi connectivity index (χ0v) is 13.4. The molecule has 0 spiro atoms. The number of ether oxygens (including phenoxy) is 1. The van der Waals surface area contributed by atoms with Crippen molar-refractivity contribution in [2.45, 2.75) is 26.4 Å². The van der Waals surface area contributed by atoms with Crippen molar-refractivity contribution in [2.24, 2.45) is 0 Å². The molecule has 1 aromatic heterocycles. The Morgan fingerprint density at radius 2 is 2.11 bits per heavy atom. The lowest BCUT2D eigenvalue weighted by Crippen LogP contribution is -2.01. The van der Waals surface area contributed by atoms with E-state index in [1.807, 2.05) is 30.5 Å². The topological polar surface area (TPSA) is 29.5 Å². The number of aliphatic hydroxyl groups is 1. The van der Waals surface area contributed by atoms with Gasteiger partial charge in [-0.15, -0.1) is 11.3 Å². The SMILES string of the molecule is CCOc1ccc(C(O)c2sccc2CC)cc1Br. The monoisotopic (exact) mass is 340 g/mol. The summed E-state index contributed by atoms with van der Waals surface area (Å²) in [6, 6.07) is 7.81. The van der Waals surface area contributed by atoms with Crippen LogP contribution in [0.4, 0.5) is 0 Å². The van der Waals surface area contributed by atoms with Crippen LogP contribution in [0.1, 0.15) is 36.0 Å². The van der Waals surface area contributed by atoms with Crippen molar-refractivity contribution < 1.29 is 9.84 Å². The molecular formula is C15H17BrO2S. The second-order valence-electron chi connectivity index (χ2n) is 4.19. The summed E-state index contributed by atoms with van der Waals surface area (Å²) >= 11 is 5.08. The molecular weight excluding hydrogens is 324 g/mol. The van der Waals surface area contributed by atoms with Crippen LogP contribution >= 0.6 is 27.3 Å². The first-order chi connectivity index (χ1) is 9.17. The number of aryl methyl sites for hydroxylation is 1. The Kier molecular flexibility index (Phi) is 5.02. The minimum atomic E-state index is -0.568. The van der Waals surface area contributed by atoms with E-state index in [1.165, 1.54) is 5.56 Å². The summed E-state index contributed by atoms with van der Waals surface area (Å²) in [5.41, 5.74) is 2.09. The van der Waals surface area contributed by atoms with Crippen molar-refractivity contribution in [1.29, 1.82) is 0 Å². The molecule has 0 fully saturated rings. The average molecular weight is 341 g/mol. The number of hydrogen-bond donors (Lipinski definition) is 1. The molecule has 102 valence electrons. The number of halogens is 1. The lowest BCUT2D eigenvalue weighted by molar-refractivity contribution is 0.223. The van der Waals surface area contributed by atoms with Crippen LogP contribution in [0.3, 0.4) is 0 Å². The van der Waals surface area contributed by atoms with Gasteiger partial charge < -0.3 is 9.84 Å². The second kappa shape index (κ2) is 6.55. The van der Waals surface area contributed by atoms with Crippen molar-refractivity contribution >= 4 is 27.3 Å². The molecule has 4 heteroatoms. The summed E-state index contributed by atoms with van der Waals surface area (Å²) < 4.78 is 6.36. The normalized spacial score (nSPS) is 12.4. The van der Waals surface area contributed by atoms with Gasteiger partial charge in [0.25, 0.3) is 0 Å². The van der Waals surface area contributed by atoms with Crippen molar-refractivity contribution in [3.63, 3.8) is 0 Å². The maximum atomic E-state index is 10.5. The molecule has 1 aromatic carbocycles. The fourth-order valence-electron chi connectivity index (χ4n) is 1.99. The van der Waals surface area contributed by atoms with E-state index >= 15 is 0 Å². The lowest BCUT2D eigenvalue weighted by Gasteiger charge is -2.13. The maximum Gasteiger partial charge on any atom is 0.133 e. The largest absolute Gasteiger partial charge is 0.493 e. The fraction of sp³-hybridized carbons (Fsp3) is 0.333. The number of aliphatic hydroxyl groups excluding tert-OH is 1. The minimum absolute atomic E-state index is 0.568. The zero-order chi connectivity index (χ0) is 13.8. The molecule has 0 saturated carbocycles. The Labute approximate surface area is 126 Å². The Morgan fingerprint density at radius 3 is 2.74 bits per heavy atom. The first kappa shape index (κ1) is 14.6. The number of thiophene rings is 1. The minimum Gasteiger partial charge on any atom is -0.493 e. The fourth-order valence-corrected chi connectivity index (χ4v) is 3.51. The summed E-state index contributed by atoms with van der Waals surface area (Å²) in [5.74, 6) is 0.806. The standard InChI is InChI=1S/C15H17BrO2S/c1-3-10-7-8-19-15(10)14(17)11-5-6-13(18-4-2)12(16)9-11/h5-9,14,17H,3-4H2,1-2H3. The molecule has 0 amide bonds. The van der Waals surface area contributed by atoms with E-state index in [9.17, 15) is 5.11 Å². The number of hydrogen-bond acceptors (Lipinski definition) is 3. The van der Waals surface area contributed by atoms with Gasteiger partial charge in [0.15, 0.2) is 0 Å². The van der Waals surface area contributed by atoms with Gasteiger partial charge in [0.2, 0.25) is 0 Å². The van der Waals surface area contributed by atoms with Crippen molar-refractivity contribution in [2.75, 3.05) is 6.61 Å². The van der Waals surface area contributed by atoms with Crippen LogP contribution in [0.5, 0.6) is 5.75 Å². The smallest absolute Gasteiger partial charge is 0.133 e. The zero-order valence-electron chi connectivity index (χ0n) is 11.0. The van der Waals surface area contributed by atoms with Gasteiger partial charge in [-0.1, -0.05) is 13.0 Å². The Bertz CT molecular complexity index is 551. The molecule has 0 saturated heterocycles. The Balaban J connectivity index is 2.29. The highest BCUT2D eigenvalue weighted by atomic mass is 79.9. The first-order valence-electron chi connectivity index (χ1n) is 6.33. The number of benzene rings is 1. The predicted molar refractivity (Wildman–Crippen MR) is 83.1 cm³/mol. The van der Waals surface area contributed by atoms with E-state index < -0.39 is 6.10 Å². The Hall–Kier alpha value is -0.840. The summed E-state index contributed by atoms with van der Waals surface area (Å²) in [4.78, 5) is 1.03. The molecule has 2 nitrogen and oxygen atoms in total. The van der Waals surface area contributed by atoms with Crippen LogP contribution in [0.25, 0.3) is 0 Å². The lowest BCUT2D eigenvalue weighted by atomic mass is 10.0. The molecule has 1 N–H and O–H groups in total. The van der Waals surface area contributed by atoms with Crippen molar-refractivity contribution in [3.8, 4) is 5.75 Å². The number of rotatable bonds is 5. The summed E-state index contributed by atoms with van der Waals surface area (Å²) in [6.45, 7) is 4.69. The van der Waals surface area contributed by atoms with E-state index in [-0.39, 0.29) is 0 Å². The molecule has 2 aromatic rings. The predicted octanol–water partition coefficient (Wildman–Crippen LogP) is 4.55. The van der Waals surface area contributed by atoms with Crippen LogP contribution in [0.2, 0.25) is 0 Å². The van der Waals surface area contributed by atoms with Crippen LogP contribution in [0.15, 0.2) is 34.1 Å². The third-order valence-electron chi connectivity index (χ3n) is 2.98. The summed E-state index contributed by atoms with van der Waals surface area (Å²) in [6.07, 6.45) is 0.371. The van der Waals surface area contributed by atoms with Crippen LogP contribution < -0.4 is 4.74 Å². The molecule has 1 unspecified atom stereocenters. The molecule has 0 aliphatic carbocycles. The van der Waals surface area contributed by atoms with Gasteiger partial charge in [-0.3, -0.25) is 0 Å². The summed E-state index contributed by atoms with van der Waals surface area (Å²) in [7, 11) is 0. The van der Waals surface area contributed by atoms with E-state index in [1.54, 1.807) is 11.3 Å². The average Bonchev–Trinajstić information content (AvgIpc) is 2.88. The molecule has 19 heavy (non-hydrogen) atoms. The molecule has 0 bridgehead atoms. The molecule has 2 rings (SSSR count). The third kappa shape index (κ3) is 3.19. The Morgan fingerprint density at radius 1 is 1.32 bits per heavy atom. The highest BCUT2D eigenvalue weighted by molar-refractivity contribution is 9.10. The van der Waals surface area contributed by atoms with Gasteiger partial charge >= 0.3 is 0 Å². The molecule has 1 atom stereocenters. The quantitative estimate of drug-likeness (QED) is 0.864. The summed E-state index contributed by atoms with van der Waals surface area (Å²) in [5, 5.41) is 12.5. The van der Waals surface area contributed by atoms with Crippen LogP contribution in [-0.4, -0.2) is 11.7 Å².